The van der Waals surface area contributed by atoms with E-state index in [-0.39, 0.29) is 0 Å². The Kier molecular flexibility index (Phi) is 7.41. The highest BCUT2D eigenvalue weighted by Crippen LogP contribution is 2.21. The first-order chi connectivity index (χ1) is 6.06. The van der Waals surface area contributed by atoms with Crippen molar-refractivity contribution in [2.24, 2.45) is 5.41 Å². The molecule has 13 heavy (non-hydrogen) atoms. The molecule has 1 radical (unpaired) electrons. The van der Waals surface area contributed by atoms with E-state index in [0.29, 0.717) is 5.41 Å². The second-order valence-electron chi connectivity index (χ2n) is 5.13. The van der Waals surface area contributed by atoms with Gasteiger partial charge in [-0.15, -0.1) is 0 Å². The second-order valence-corrected chi connectivity index (χ2v) is 5.13. The van der Waals surface area contributed by atoms with Crippen molar-refractivity contribution < 1.29 is 0 Å². The Bertz CT molecular complexity index is 97.1. The van der Waals surface area contributed by atoms with Crippen LogP contribution in [0.5, 0.6) is 0 Å². The van der Waals surface area contributed by atoms with Crippen LogP contribution in [-0.4, -0.2) is 0 Å². The molecule has 0 nitrogen and oxygen atoms in total. The molecule has 0 aromatic rings. The third-order valence-electron chi connectivity index (χ3n) is 2.31. The van der Waals surface area contributed by atoms with Gasteiger partial charge in [0, 0.05) is 0 Å². The van der Waals surface area contributed by atoms with Crippen LogP contribution in [0.1, 0.15) is 72.6 Å². The van der Waals surface area contributed by atoms with Crippen molar-refractivity contribution >= 4 is 0 Å². The molecule has 0 aliphatic heterocycles. The molecule has 0 heterocycles. The predicted molar refractivity (Wildman–Crippen MR) is 61.7 cm³/mol. The van der Waals surface area contributed by atoms with Crippen molar-refractivity contribution in [3.05, 3.63) is 6.42 Å². The lowest BCUT2D eigenvalue weighted by atomic mass is 9.89. The predicted octanol–water partition coefficient (Wildman–Crippen LogP) is 4.99. The molecule has 0 bridgehead atoms. The van der Waals surface area contributed by atoms with E-state index in [2.05, 4.69) is 34.1 Å². The first kappa shape index (κ1) is 13.0. The Morgan fingerprint density at radius 3 is 1.92 bits per heavy atom. The molecule has 0 aromatic carbocycles. The zero-order chi connectivity index (χ0) is 10.2. The number of unbranched alkanes of at least 4 members (excludes halogenated alkanes) is 6. The van der Waals surface area contributed by atoms with Crippen LogP contribution >= 0.6 is 0 Å². The van der Waals surface area contributed by atoms with E-state index in [9.17, 15) is 0 Å². The minimum atomic E-state index is 0.420. The minimum absolute atomic E-state index is 0.420. The lowest BCUT2D eigenvalue weighted by Crippen LogP contribution is -2.04. The molecule has 79 valence electrons. The van der Waals surface area contributed by atoms with Crippen LogP contribution < -0.4 is 0 Å². The van der Waals surface area contributed by atoms with Crippen molar-refractivity contribution in [2.45, 2.75) is 72.6 Å². The summed E-state index contributed by atoms with van der Waals surface area (Å²) in [7, 11) is 0. The fourth-order valence-electron chi connectivity index (χ4n) is 1.46. The molecule has 0 fully saturated rings. The fourth-order valence-corrected chi connectivity index (χ4v) is 1.46. The summed E-state index contributed by atoms with van der Waals surface area (Å²) in [6.07, 6.45) is 12.2. The average molecular weight is 183 g/mol. The van der Waals surface area contributed by atoms with Crippen LogP contribution in [0.25, 0.3) is 0 Å². The van der Waals surface area contributed by atoms with Gasteiger partial charge in [-0.25, -0.2) is 0 Å². The maximum Gasteiger partial charge on any atom is -0.0332 e. The monoisotopic (exact) mass is 183 g/mol. The average Bonchev–Trinajstić information content (AvgIpc) is 2.01. The van der Waals surface area contributed by atoms with Crippen molar-refractivity contribution in [2.75, 3.05) is 0 Å². The number of hydrogen-bond donors (Lipinski definition) is 0. The Balaban J connectivity index is 3.00. The molecule has 0 aliphatic rings. The minimum Gasteiger partial charge on any atom is -0.0654 e. The highest BCUT2D eigenvalue weighted by atomic mass is 14.1. The molecule has 0 rings (SSSR count). The highest BCUT2D eigenvalue weighted by Gasteiger charge is 2.08. The van der Waals surface area contributed by atoms with Gasteiger partial charge >= 0.3 is 0 Å². The van der Waals surface area contributed by atoms with E-state index < -0.39 is 0 Å². The number of rotatable bonds is 7. The first-order valence-corrected chi connectivity index (χ1v) is 5.90. The van der Waals surface area contributed by atoms with Crippen LogP contribution in [0.3, 0.4) is 0 Å². The molecule has 0 heteroatoms. The first-order valence-electron chi connectivity index (χ1n) is 5.90. The molecule has 0 atom stereocenters. The Labute approximate surface area is 85.1 Å². The Morgan fingerprint density at radius 1 is 0.846 bits per heavy atom. The SMILES string of the molecule is CCCCCCCC[CH]C(C)(C)C. The molecule has 0 N–H and O–H groups in total. The zero-order valence-corrected chi connectivity index (χ0v) is 10.0. The summed E-state index contributed by atoms with van der Waals surface area (Å²) < 4.78 is 0. The van der Waals surface area contributed by atoms with Crippen LogP contribution in [0.2, 0.25) is 0 Å². The number of hydrogen-bond acceptors (Lipinski definition) is 0. The smallest absolute Gasteiger partial charge is 0.0332 e. The molecular weight excluding hydrogens is 156 g/mol. The van der Waals surface area contributed by atoms with Gasteiger partial charge in [-0.2, -0.15) is 0 Å². The summed E-state index contributed by atoms with van der Waals surface area (Å²) in [5.74, 6) is 0. The van der Waals surface area contributed by atoms with Crippen LogP contribution in [0, 0.1) is 11.8 Å². The van der Waals surface area contributed by atoms with Crippen molar-refractivity contribution in [3.63, 3.8) is 0 Å². The lowest BCUT2D eigenvalue weighted by molar-refractivity contribution is 0.461. The van der Waals surface area contributed by atoms with Crippen LogP contribution in [0.15, 0.2) is 0 Å². The van der Waals surface area contributed by atoms with E-state index in [1.165, 1.54) is 44.9 Å². The zero-order valence-electron chi connectivity index (χ0n) is 10.0. The van der Waals surface area contributed by atoms with Crippen molar-refractivity contribution in [1.82, 2.24) is 0 Å². The van der Waals surface area contributed by atoms with Gasteiger partial charge in [-0.3, -0.25) is 0 Å². The summed E-state index contributed by atoms with van der Waals surface area (Å²) in [6.45, 7) is 9.12. The Morgan fingerprint density at radius 2 is 1.38 bits per heavy atom. The van der Waals surface area contributed by atoms with E-state index in [1.54, 1.807) is 0 Å². The van der Waals surface area contributed by atoms with Crippen LogP contribution in [0.4, 0.5) is 0 Å². The normalized spacial score (nSPS) is 12.0. The summed E-state index contributed by atoms with van der Waals surface area (Å²) in [5.41, 5.74) is 0.420. The topological polar surface area (TPSA) is 0 Å². The van der Waals surface area contributed by atoms with Crippen molar-refractivity contribution in [3.8, 4) is 0 Å². The molecule has 0 saturated heterocycles. The van der Waals surface area contributed by atoms with E-state index in [0.717, 1.165) is 0 Å². The second kappa shape index (κ2) is 7.41. The standard InChI is InChI=1S/C13H27/c1-5-6-7-8-9-10-11-12-13(2,3)4/h12H,5-11H2,1-4H3. The summed E-state index contributed by atoms with van der Waals surface area (Å²) in [5, 5.41) is 0. The van der Waals surface area contributed by atoms with Gasteiger partial charge in [0.05, 0.1) is 0 Å². The molecule has 0 saturated carbocycles. The summed E-state index contributed by atoms with van der Waals surface area (Å²) in [6, 6.07) is 0. The van der Waals surface area contributed by atoms with Gasteiger partial charge < -0.3 is 0 Å². The van der Waals surface area contributed by atoms with Gasteiger partial charge in [0.2, 0.25) is 0 Å². The van der Waals surface area contributed by atoms with Gasteiger partial charge in [-0.1, -0.05) is 66.2 Å². The van der Waals surface area contributed by atoms with Gasteiger partial charge in [0.25, 0.3) is 0 Å². The highest BCUT2D eigenvalue weighted by molar-refractivity contribution is 4.79. The molecule has 0 spiro atoms. The van der Waals surface area contributed by atoms with Gasteiger partial charge in [0.1, 0.15) is 0 Å². The molecule has 0 unspecified atom stereocenters. The molecule has 0 aromatic heterocycles. The van der Waals surface area contributed by atoms with Crippen molar-refractivity contribution in [1.29, 1.82) is 0 Å². The van der Waals surface area contributed by atoms with Crippen LogP contribution in [-0.2, 0) is 0 Å². The maximum absolute atomic E-state index is 2.45. The summed E-state index contributed by atoms with van der Waals surface area (Å²) >= 11 is 0. The largest absolute Gasteiger partial charge is 0.0654 e. The quantitative estimate of drug-likeness (QED) is 0.488. The lowest BCUT2D eigenvalue weighted by Gasteiger charge is -2.16. The third-order valence-corrected chi connectivity index (χ3v) is 2.31. The molecule has 0 aliphatic carbocycles. The van der Waals surface area contributed by atoms with E-state index >= 15 is 0 Å². The Hall–Kier alpha value is 0. The van der Waals surface area contributed by atoms with Gasteiger partial charge in [0.15, 0.2) is 0 Å². The molecule has 0 amide bonds. The fraction of sp³-hybridized carbons (Fsp3) is 0.923. The third kappa shape index (κ3) is 12.0. The van der Waals surface area contributed by atoms with E-state index in [1.807, 2.05) is 0 Å². The maximum atomic E-state index is 2.45. The van der Waals surface area contributed by atoms with Gasteiger partial charge in [-0.05, 0) is 18.3 Å². The molecular formula is C13H27. The summed E-state index contributed by atoms with van der Waals surface area (Å²) in [4.78, 5) is 0. The van der Waals surface area contributed by atoms with E-state index in [4.69, 9.17) is 0 Å².